The number of imide groups is 1. The maximum Gasteiger partial charge on any atom is 0.316 e. The SMILES string of the molecule is COc1cccc(N2C[C@H](C(=O)Oc3cccc(N4C(=O)[C@@H]5CC[C@H](C)C[C@H]5C4=O)c3)CC2=O)c1. The normalized spacial score (nSPS) is 26.2. The number of hydrogen-bond donors (Lipinski definition) is 0. The Balaban J connectivity index is 1.28. The molecule has 8 heteroatoms. The number of methoxy groups -OCH3 is 1. The van der Waals surface area contributed by atoms with Crippen LogP contribution in [0.5, 0.6) is 11.5 Å². The number of esters is 1. The van der Waals surface area contributed by atoms with E-state index in [4.69, 9.17) is 9.47 Å². The number of fused-ring (bicyclic) bond motifs is 1. The highest BCUT2D eigenvalue weighted by Gasteiger charge is 2.50. The van der Waals surface area contributed by atoms with Crippen molar-refractivity contribution in [1.82, 2.24) is 0 Å². The predicted molar refractivity (Wildman–Crippen MR) is 128 cm³/mol. The van der Waals surface area contributed by atoms with Crippen LogP contribution in [-0.4, -0.2) is 37.3 Å². The molecule has 0 bridgehead atoms. The average Bonchev–Trinajstić information content (AvgIpc) is 3.36. The topological polar surface area (TPSA) is 93.2 Å². The molecule has 4 atom stereocenters. The minimum atomic E-state index is -0.628. The van der Waals surface area contributed by atoms with Crippen LogP contribution < -0.4 is 19.3 Å². The minimum absolute atomic E-state index is 0.0420. The molecule has 8 nitrogen and oxygen atoms in total. The number of carbonyl (C=O) groups excluding carboxylic acids is 4. The molecule has 3 amide bonds. The quantitative estimate of drug-likeness (QED) is 0.372. The first kappa shape index (κ1) is 23.1. The van der Waals surface area contributed by atoms with E-state index < -0.39 is 11.9 Å². The number of amides is 3. The van der Waals surface area contributed by atoms with Gasteiger partial charge < -0.3 is 14.4 Å². The summed E-state index contributed by atoms with van der Waals surface area (Å²) in [5.41, 5.74) is 1.07. The number of carbonyl (C=O) groups is 4. The molecule has 2 aromatic rings. The molecule has 182 valence electrons. The highest BCUT2D eigenvalue weighted by Crippen LogP contribution is 2.42. The van der Waals surface area contributed by atoms with Gasteiger partial charge in [0.25, 0.3) is 0 Å². The van der Waals surface area contributed by atoms with Crippen molar-refractivity contribution in [2.24, 2.45) is 23.7 Å². The Morgan fingerprint density at radius 3 is 2.37 bits per heavy atom. The Hall–Kier alpha value is -3.68. The second kappa shape index (κ2) is 9.17. The van der Waals surface area contributed by atoms with Crippen molar-refractivity contribution in [3.63, 3.8) is 0 Å². The Morgan fingerprint density at radius 1 is 0.914 bits per heavy atom. The summed E-state index contributed by atoms with van der Waals surface area (Å²) in [6, 6.07) is 13.6. The summed E-state index contributed by atoms with van der Waals surface area (Å²) in [6.45, 7) is 2.31. The second-order valence-electron chi connectivity index (χ2n) is 9.67. The molecule has 0 radical (unpaired) electrons. The number of nitrogens with zero attached hydrogens (tertiary/aromatic N) is 2. The van der Waals surface area contributed by atoms with Gasteiger partial charge in [-0.05, 0) is 49.4 Å². The molecular weight excluding hydrogens is 448 g/mol. The van der Waals surface area contributed by atoms with E-state index in [0.717, 1.165) is 19.3 Å². The van der Waals surface area contributed by atoms with Crippen molar-refractivity contribution < 1.29 is 28.7 Å². The molecular formula is C27H28N2O6. The summed E-state index contributed by atoms with van der Waals surface area (Å²) < 4.78 is 10.8. The Labute approximate surface area is 203 Å². The van der Waals surface area contributed by atoms with Crippen molar-refractivity contribution in [3.8, 4) is 11.5 Å². The van der Waals surface area contributed by atoms with Crippen LogP contribution in [0.1, 0.15) is 32.6 Å². The number of rotatable bonds is 5. The van der Waals surface area contributed by atoms with Gasteiger partial charge in [0, 0.05) is 30.8 Å². The first-order valence-electron chi connectivity index (χ1n) is 12.0. The van der Waals surface area contributed by atoms with Crippen molar-refractivity contribution in [3.05, 3.63) is 48.5 Å². The van der Waals surface area contributed by atoms with Crippen LogP contribution in [0.4, 0.5) is 11.4 Å². The van der Waals surface area contributed by atoms with Gasteiger partial charge in [-0.25, -0.2) is 4.90 Å². The Kier molecular flexibility index (Phi) is 6.05. The van der Waals surface area contributed by atoms with Gasteiger partial charge in [-0.1, -0.05) is 19.1 Å². The molecule has 3 aliphatic rings. The van der Waals surface area contributed by atoms with Crippen LogP contribution in [0.3, 0.4) is 0 Å². The summed E-state index contributed by atoms with van der Waals surface area (Å²) in [7, 11) is 1.55. The number of benzene rings is 2. The van der Waals surface area contributed by atoms with Gasteiger partial charge in [0.05, 0.1) is 30.6 Å². The fourth-order valence-corrected chi connectivity index (χ4v) is 5.42. The molecule has 2 aliphatic heterocycles. The van der Waals surface area contributed by atoms with Crippen molar-refractivity contribution in [2.75, 3.05) is 23.5 Å². The van der Waals surface area contributed by atoms with Crippen LogP contribution in [-0.2, 0) is 19.2 Å². The molecule has 1 saturated carbocycles. The molecule has 3 fully saturated rings. The van der Waals surface area contributed by atoms with Crippen molar-refractivity contribution in [1.29, 1.82) is 0 Å². The minimum Gasteiger partial charge on any atom is -0.497 e. The zero-order valence-electron chi connectivity index (χ0n) is 19.8. The Bertz CT molecular complexity index is 1190. The molecule has 2 heterocycles. The highest BCUT2D eigenvalue weighted by atomic mass is 16.5. The summed E-state index contributed by atoms with van der Waals surface area (Å²) >= 11 is 0. The van der Waals surface area contributed by atoms with Crippen molar-refractivity contribution in [2.45, 2.75) is 32.6 Å². The van der Waals surface area contributed by atoms with E-state index in [1.165, 1.54) is 4.90 Å². The summed E-state index contributed by atoms with van der Waals surface area (Å²) in [4.78, 5) is 54.3. The number of anilines is 2. The third kappa shape index (κ3) is 4.29. The summed E-state index contributed by atoms with van der Waals surface area (Å²) in [6.07, 6.45) is 2.43. The monoisotopic (exact) mass is 476 g/mol. The first-order valence-corrected chi connectivity index (χ1v) is 12.0. The maximum absolute atomic E-state index is 13.0. The van der Waals surface area contributed by atoms with E-state index >= 15 is 0 Å². The van der Waals surface area contributed by atoms with E-state index in [-0.39, 0.29) is 48.3 Å². The van der Waals surface area contributed by atoms with Gasteiger partial charge in [0.2, 0.25) is 17.7 Å². The third-order valence-corrected chi connectivity index (χ3v) is 7.31. The highest BCUT2D eigenvalue weighted by molar-refractivity contribution is 6.22. The third-order valence-electron chi connectivity index (χ3n) is 7.31. The lowest BCUT2D eigenvalue weighted by atomic mass is 9.76. The lowest BCUT2D eigenvalue weighted by Crippen LogP contribution is -2.31. The molecule has 35 heavy (non-hydrogen) atoms. The van der Waals surface area contributed by atoms with E-state index in [0.29, 0.717) is 23.0 Å². The zero-order chi connectivity index (χ0) is 24.7. The molecule has 2 saturated heterocycles. The fourth-order valence-electron chi connectivity index (χ4n) is 5.42. The van der Waals surface area contributed by atoms with Crippen molar-refractivity contribution >= 4 is 35.1 Å². The van der Waals surface area contributed by atoms with Gasteiger partial charge in [0.15, 0.2) is 0 Å². The zero-order valence-corrected chi connectivity index (χ0v) is 19.8. The molecule has 0 unspecified atom stereocenters. The molecule has 0 spiro atoms. The molecule has 0 N–H and O–H groups in total. The summed E-state index contributed by atoms with van der Waals surface area (Å²) in [5.74, 6) is -0.927. The van der Waals surface area contributed by atoms with Gasteiger partial charge in [-0.2, -0.15) is 0 Å². The van der Waals surface area contributed by atoms with E-state index in [1.807, 2.05) is 0 Å². The van der Waals surface area contributed by atoms with E-state index in [1.54, 1.807) is 60.5 Å². The summed E-state index contributed by atoms with van der Waals surface area (Å²) in [5, 5.41) is 0. The predicted octanol–water partition coefficient (Wildman–Crippen LogP) is 3.58. The maximum atomic E-state index is 13.0. The van der Waals surface area contributed by atoms with E-state index in [9.17, 15) is 19.2 Å². The standard InChI is InChI=1S/C27H28N2O6/c1-16-9-10-22-23(11-16)26(32)29(25(22)31)19-6-4-8-21(14-19)35-27(33)17-12-24(30)28(15-17)18-5-3-7-20(13-18)34-2/h3-8,13-14,16-17,22-23H,9-12,15H2,1-2H3/t16-,17+,22+,23+/m0/s1. The largest absolute Gasteiger partial charge is 0.497 e. The van der Waals surface area contributed by atoms with Gasteiger partial charge in [0.1, 0.15) is 11.5 Å². The smallest absolute Gasteiger partial charge is 0.316 e. The van der Waals surface area contributed by atoms with Crippen LogP contribution in [0.2, 0.25) is 0 Å². The Morgan fingerprint density at radius 2 is 1.60 bits per heavy atom. The molecule has 2 aromatic carbocycles. The van der Waals surface area contributed by atoms with Crippen LogP contribution in [0.15, 0.2) is 48.5 Å². The average molecular weight is 477 g/mol. The number of hydrogen-bond acceptors (Lipinski definition) is 6. The van der Waals surface area contributed by atoms with Gasteiger partial charge in [-0.15, -0.1) is 0 Å². The molecule has 0 aromatic heterocycles. The fraction of sp³-hybridized carbons (Fsp3) is 0.407. The van der Waals surface area contributed by atoms with Gasteiger partial charge >= 0.3 is 5.97 Å². The van der Waals surface area contributed by atoms with E-state index in [2.05, 4.69) is 6.92 Å². The second-order valence-corrected chi connectivity index (χ2v) is 9.67. The van der Waals surface area contributed by atoms with Crippen LogP contribution in [0, 0.1) is 23.7 Å². The van der Waals surface area contributed by atoms with Crippen LogP contribution >= 0.6 is 0 Å². The first-order chi connectivity index (χ1) is 16.9. The van der Waals surface area contributed by atoms with Gasteiger partial charge in [-0.3, -0.25) is 19.2 Å². The lowest BCUT2D eigenvalue weighted by Gasteiger charge is -2.25. The molecule has 1 aliphatic carbocycles. The van der Waals surface area contributed by atoms with Crippen LogP contribution in [0.25, 0.3) is 0 Å². The number of ether oxygens (including phenoxy) is 2. The lowest BCUT2D eigenvalue weighted by molar-refractivity contribution is -0.139. The molecule has 5 rings (SSSR count).